The summed E-state index contributed by atoms with van der Waals surface area (Å²) < 4.78 is 49.4. The minimum Gasteiger partial charge on any atom is -0.490 e. The molecule has 4 heterocycles. The molecule has 3 aromatic rings. The number of piperazine rings is 1. The fourth-order valence-electron chi connectivity index (χ4n) is 4.42. The number of ether oxygens (including phenoxy) is 1. The Morgan fingerprint density at radius 2 is 2.03 bits per heavy atom. The summed E-state index contributed by atoms with van der Waals surface area (Å²) in [7, 11) is 0. The van der Waals surface area contributed by atoms with Crippen LogP contribution in [0.1, 0.15) is 19.3 Å². The van der Waals surface area contributed by atoms with Gasteiger partial charge in [0.2, 0.25) is 5.82 Å². The van der Waals surface area contributed by atoms with E-state index in [4.69, 9.17) is 4.74 Å². The Labute approximate surface area is 182 Å². The number of hydrogen-bond donors (Lipinski definition) is 2. The summed E-state index contributed by atoms with van der Waals surface area (Å²) in [6, 6.07) is 4.58. The lowest BCUT2D eigenvalue weighted by Gasteiger charge is -2.28. The smallest absolute Gasteiger partial charge is 0.202 e. The van der Waals surface area contributed by atoms with Crippen molar-refractivity contribution in [3.8, 4) is 5.75 Å². The number of rotatable bonds is 6. The first-order valence-electron chi connectivity index (χ1n) is 10.8. The van der Waals surface area contributed by atoms with E-state index in [1.165, 1.54) is 24.5 Å². The lowest BCUT2D eigenvalue weighted by molar-refractivity contribution is 0.280. The van der Waals surface area contributed by atoms with Gasteiger partial charge in [-0.05, 0) is 37.3 Å². The number of nitrogens with one attached hydrogen (secondary N) is 2. The van der Waals surface area contributed by atoms with Crippen molar-refractivity contribution in [1.29, 1.82) is 0 Å². The Morgan fingerprint density at radius 3 is 2.78 bits per heavy atom. The van der Waals surface area contributed by atoms with Crippen molar-refractivity contribution >= 4 is 28.4 Å². The van der Waals surface area contributed by atoms with E-state index in [1.54, 1.807) is 0 Å². The van der Waals surface area contributed by atoms with Gasteiger partial charge in [-0.3, -0.25) is 0 Å². The Hall–Kier alpha value is -3.14. The monoisotopic (exact) mass is 442 g/mol. The van der Waals surface area contributed by atoms with Gasteiger partial charge < -0.3 is 20.3 Å². The summed E-state index contributed by atoms with van der Waals surface area (Å²) in [5.41, 5.74) is 0.448. The number of hydrogen-bond acceptors (Lipinski definition) is 7. The van der Waals surface area contributed by atoms with Crippen LogP contribution in [0.5, 0.6) is 5.75 Å². The van der Waals surface area contributed by atoms with Gasteiger partial charge in [0.05, 0.1) is 17.8 Å². The predicted molar refractivity (Wildman–Crippen MR) is 113 cm³/mol. The average molecular weight is 442 g/mol. The van der Waals surface area contributed by atoms with E-state index >= 15 is 0 Å². The van der Waals surface area contributed by atoms with Gasteiger partial charge in [-0.25, -0.2) is 23.7 Å². The Bertz CT molecular complexity index is 1200. The molecule has 2 N–H and O–H groups in total. The van der Waals surface area contributed by atoms with Crippen molar-refractivity contribution in [2.45, 2.75) is 31.3 Å². The highest BCUT2D eigenvalue weighted by atomic mass is 19.2. The van der Waals surface area contributed by atoms with Crippen molar-refractivity contribution in [2.75, 3.05) is 29.9 Å². The van der Waals surface area contributed by atoms with Gasteiger partial charge in [0.15, 0.2) is 29.0 Å². The highest BCUT2D eigenvalue weighted by Crippen LogP contribution is 2.35. The molecule has 32 heavy (non-hydrogen) atoms. The molecule has 2 atom stereocenters. The summed E-state index contributed by atoms with van der Waals surface area (Å²) in [4.78, 5) is 14.7. The molecule has 2 aliphatic heterocycles. The second-order valence-electron chi connectivity index (χ2n) is 8.65. The maximum atomic E-state index is 14.8. The summed E-state index contributed by atoms with van der Waals surface area (Å²) in [5.74, 6) is -1.91. The first kappa shape index (κ1) is 19.5. The minimum absolute atomic E-state index is 0.113. The first-order valence-corrected chi connectivity index (χ1v) is 10.8. The SMILES string of the molecule is Fc1cc2ncnc(Nc3ccc(OCC4CC4)c(F)c3F)c2nc1N1C[C@@H]2C[C@H]1CN2. The Morgan fingerprint density at radius 1 is 1.16 bits per heavy atom. The first-order chi connectivity index (χ1) is 15.6. The van der Waals surface area contributed by atoms with Gasteiger partial charge in [-0.1, -0.05) is 0 Å². The molecular formula is C22H21F3N6O. The maximum Gasteiger partial charge on any atom is 0.202 e. The summed E-state index contributed by atoms with van der Waals surface area (Å²) in [6.07, 6.45) is 4.27. The number of fused-ring (bicyclic) bond motifs is 3. The molecule has 2 bridgehead atoms. The molecule has 7 nitrogen and oxygen atoms in total. The van der Waals surface area contributed by atoms with E-state index in [0.29, 0.717) is 25.1 Å². The molecule has 2 saturated heterocycles. The van der Waals surface area contributed by atoms with Crippen LogP contribution >= 0.6 is 0 Å². The molecule has 3 fully saturated rings. The van der Waals surface area contributed by atoms with Gasteiger partial charge in [-0.15, -0.1) is 0 Å². The van der Waals surface area contributed by atoms with Crippen LogP contribution in [0.4, 0.5) is 30.5 Å². The van der Waals surface area contributed by atoms with Crippen molar-refractivity contribution in [3.63, 3.8) is 0 Å². The van der Waals surface area contributed by atoms with Crippen LogP contribution in [-0.4, -0.2) is 46.7 Å². The fraction of sp³-hybridized carbons (Fsp3) is 0.409. The third-order valence-corrected chi connectivity index (χ3v) is 6.35. The van der Waals surface area contributed by atoms with E-state index < -0.39 is 17.5 Å². The zero-order chi connectivity index (χ0) is 21.8. The van der Waals surface area contributed by atoms with Crippen LogP contribution in [0, 0.1) is 23.4 Å². The van der Waals surface area contributed by atoms with Crippen LogP contribution in [0.15, 0.2) is 24.5 Å². The van der Waals surface area contributed by atoms with Crippen molar-refractivity contribution in [2.24, 2.45) is 5.92 Å². The van der Waals surface area contributed by atoms with Crippen LogP contribution < -0.4 is 20.3 Å². The average Bonchev–Trinajstić information content (AvgIpc) is 3.38. The van der Waals surface area contributed by atoms with Gasteiger partial charge in [-0.2, -0.15) is 4.39 Å². The lowest BCUT2D eigenvalue weighted by atomic mass is 10.2. The zero-order valence-corrected chi connectivity index (χ0v) is 17.1. The highest BCUT2D eigenvalue weighted by Gasteiger charge is 2.39. The molecule has 6 rings (SSSR count). The van der Waals surface area contributed by atoms with E-state index in [1.807, 2.05) is 4.90 Å². The molecular weight excluding hydrogens is 421 g/mol. The van der Waals surface area contributed by atoms with Gasteiger partial charge in [0.1, 0.15) is 11.8 Å². The van der Waals surface area contributed by atoms with Crippen LogP contribution in [0.2, 0.25) is 0 Å². The summed E-state index contributed by atoms with van der Waals surface area (Å²) in [6.45, 7) is 1.82. The molecule has 2 aromatic heterocycles. The molecule has 166 valence electrons. The van der Waals surface area contributed by atoms with Gasteiger partial charge >= 0.3 is 0 Å². The standard InChI is InChI=1S/C22H21F3N6O/c23-14-6-16-20(30-22(14)31-8-12-5-13(31)7-26-12)21(28-10-27-16)29-15-3-4-17(19(25)18(15)24)32-9-11-1-2-11/h3-4,6,10-13,26H,1-2,5,7-9H2,(H,27,28,29)/t12-,13-/m0/s1. The fourth-order valence-corrected chi connectivity index (χ4v) is 4.42. The maximum absolute atomic E-state index is 14.8. The minimum atomic E-state index is -1.07. The molecule has 0 amide bonds. The van der Waals surface area contributed by atoms with Gasteiger partial charge in [0, 0.05) is 31.2 Å². The van der Waals surface area contributed by atoms with Crippen molar-refractivity contribution < 1.29 is 17.9 Å². The molecule has 0 radical (unpaired) electrons. The molecule has 0 spiro atoms. The third-order valence-electron chi connectivity index (χ3n) is 6.35. The quantitative estimate of drug-likeness (QED) is 0.605. The highest BCUT2D eigenvalue weighted by molar-refractivity contribution is 5.88. The van der Waals surface area contributed by atoms with E-state index in [0.717, 1.165) is 25.8 Å². The van der Waals surface area contributed by atoms with E-state index in [2.05, 4.69) is 25.6 Å². The lowest BCUT2D eigenvalue weighted by Crippen LogP contribution is -2.44. The molecule has 10 heteroatoms. The van der Waals surface area contributed by atoms with Crippen LogP contribution in [0.3, 0.4) is 0 Å². The molecule has 3 aliphatic rings. The van der Waals surface area contributed by atoms with Gasteiger partial charge in [0.25, 0.3) is 0 Å². The normalized spacial score (nSPS) is 22.0. The Balaban J connectivity index is 1.33. The third kappa shape index (κ3) is 3.38. The number of anilines is 3. The topological polar surface area (TPSA) is 75.2 Å². The number of benzene rings is 1. The zero-order valence-electron chi connectivity index (χ0n) is 17.1. The predicted octanol–water partition coefficient (Wildman–Crippen LogP) is 3.53. The van der Waals surface area contributed by atoms with E-state index in [9.17, 15) is 13.2 Å². The molecule has 1 aromatic carbocycles. The molecule has 1 aliphatic carbocycles. The van der Waals surface area contributed by atoms with E-state index in [-0.39, 0.29) is 40.1 Å². The Kier molecular flexibility index (Phi) is 4.56. The van der Waals surface area contributed by atoms with Crippen molar-refractivity contribution in [3.05, 3.63) is 42.0 Å². The second kappa shape index (κ2) is 7.47. The number of aromatic nitrogens is 3. The largest absolute Gasteiger partial charge is 0.490 e. The second-order valence-corrected chi connectivity index (χ2v) is 8.65. The summed E-state index contributed by atoms with van der Waals surface area (Å²) >= 11 is 0. The summed E-state index contributed by atoms with van der Waals surface area (Å²) in [5, 5.41) is 6.17. The van der Waals surface area contributed by atoms with Crippen molar-refractivity contribution in [1.82, 2.24) is 20.3 Å². The van der Waals surface area contributed by atoms with Crippen LogP contribution in [0.25, 0.3) is 11.0 Å². The number of pyridine rings is 1. The number of halogens is 3. The van der Waals surface area contributed by atoms with Crippen LogP contribution in [-0.2, 0) is 0 Å². The molecule has 1 saturated carbocycles. The number of nitrogens with zero attached hydrogens (tertiary/aromatic N) is 4. The molecule has 0 unspecified atom stereocenters.